The number of aromatic carboxylic acids is 1. The van der Waals surface area contributed by atoms with Crippen LogP contribution >= 0.6 is 0 Å². The fourth-order valence-electron chi connectivity index (χ4n) is 3.18. The molecule has 3 nitrogen and oxygen atoms in total. The molecule has 3 heteroatoms. The molecule has 0 fully saturated rings. The average Bonchev–Trinajstić information content (AvgIpc) is 2.65. The summed E-state index contributed by atoms with van der Waals surface area (Å²) in [5.74, 6) is -0.153. The number of carboxylic acids is 1. The Morgan fingerprint density at radius 2 is 1.26 bits per heavy atom. The van der Waals surface area contributed by atoms with Crippen molar-refractivity contribution in [1.29, 1.82) is 0 Å². The molecule has 0 spiro atoms. The Bertz CT molecular complexity index is 519. The molecule has 27 heavy (non-hydrogen) atoms. The third-order valence-electron chi connectivity index (χ3n) is 4.87. The number of carboxylic acid groups (broad SMARTS) is 1. The van der Waals surface area contributed by atoms with Gasteiger partial charge in [0.2, 0.25) is 0 Å². The predicted molar refractivity (Wildman–Crippen MR) is 114 cm³/mol. The van der Waals surface area contributed by atoms with E-state index in [1.54, 1.807) is 24.3 Å². The van der Waals surface area contributed by atoms with Crippen LogP contribution in [0.2, 0.25) is 0 Å². The maximum atomic E-state index is 10.8. The van der Waals surface area contributed by atoms with Gasteiger partial charge in [0.1, 0.15) is 5.75 Å². The van der Waals surface area contributed by atoms with Crippen LogP contribution in [0.25, 0.3) is 0 Å². The predicted octanol–water partition coefficient (Wildman–Crippen LogP) is 7.41. The number of allylic oxidation sites excluding steroid dienone is 1. The molecule has 1 aromatic rings. The van der Waals surface area contributed by atoms with E-state index in [4.69, 9.17) is 9.84 Å². The molecule has 0 bridgehead atoms. The second-order valence-electron chi connectivity index (χ2n) is 7.63. The van der Waals surface area contributed by atoms with Crippen molar-refractivity contribution in [3.05, 3.63) is 42.0 Å². The maximum Gasteiger partial charge on any atom is 0.335 e. The van der Waals surface area contributed by atoms with Gasteiger partial charge >= 0.3 is 5.97 Å². The van der Waals surface area contributed by atoms with Gasteiger partial charge in [0.25, 0.3) is 0 Å². The van der Waals surface area contributed by atoms with Gasteiger partial charge in [0, 0.05) is 0 Å². The Morgan fingerprint density at radius 1 is 0.815 bits per heavy atom. The summed E-state index contributed by atoms with van der Waals surface area (Å²) in [6.45, 7) is 6.78. The third-order valence-corrected chi connectivity index (χ3v) is 4.87. The average molecular weight is 375 g/mol. The van der Waals surface area contributed by atoms with E-state index in [9.17, 15) is 4.79 Å². The van der Waals surface area contributed by atoms with E-state index < -0.39 is 5.97 Å². The standard InChI is InChI=1S/C24H38O3/c1-21(2)15-13-11-9-7-5-3-4-6-8-10-12-14-20-27-23-18-16-22(17-19-23)24(25)26/h16-19H,1,3-15,20H2,2H3,(H,25,26). The highest BCUT2D eigenvalue weighted by Crippen LogP contribution is 2.15. The lowest BCUT2D eigenvalue weighted by atomic mass is 10.0. The van der Waals surface area contributed by atoms with Gasteiger partial charge in [-0.2, -0.15) is 0 Å². The zero-order valence-electron chi connectivity index (χ0n) is 17.2. The summed E-state index contributed by atoms with van der Waals surface area (Å²) in [4.78, 5) is 10.8. The lowest BCUT2D eigenvalue weighted by Crippen LogP contribution is -1.99. The van der Waals surface area contributed by atoms with Crippen LogP contribution in [0.5, 0.6) is 5.75 Å². The van der Waals surface area contributed by atoms with Crippen LogP contribution in [0.1, 0.15) is 101 Å². The van der Waals surface area contributed by atoms with E-state index in [2.05, 4.69) is 13.5 Å². The molecule has 1 aromatic carbocycles. The molecule has 0 unspecified atom stereocenters. The number of hydrogen-bond acceptors (Lipinski definition) is 2. The summed E-state index contributed by atoms with van der Waals surface area (Å²) in [7, 11) is 0. The van der Waals surface area contributed by atoms with Crippen LogP contribution in [0.3, 0.4) is 0 Å². The Labute approximate surface area is 165 Å². The molecule has 0 heterocycles. The molecule has 1 N–H and O–H groups in total. The van der Waals surface area contributed by atoms with Crippen molar-refractivity contribution in [2.45, 2.75) is 90.4 Å². The minimum absolute atomic E-state index is 0.296. The summed E-state index contributed by atoms with van der Waals surface area (Å²) < 4.78 is 5.66. The molecule has 0 saturated heterocycles. The first-order valence-electron chi connectivity index (χ1n) is 10.7. The van der Waals surface area contributed by atoms with Crippen LogP contribution in [0.4, 0.5) is 0 Å². The van der Waals surface area contributed by atoms with Crippen LogP contribution in [0, 0.1) is 0 Å². The van der Waals surface area contributed by atoms with E-state index >= 15 is 0 Å². The monoisotopic (exact) mass is 374 g/mol. The number of carbonyl (C=O) groups is 1. The fourth-order valence-corrected chi connectivity index (χ4v) is 3.18. The number of unbranched alkanes of at least 4 members (excludes halogenated alkanes) is 11. The number of benzene rings is 1. The number of rotatable bonds is 17. The van der Waals surface area contributed by atoms with E-state index in [-0.39, 0.29) is 0 Å². The highest BCUT2D eigenvalue weighted by molar-refractivity contribution is 5.87. The van der Waals surface area contributed by atoms with Crippen LogP contribution in [-0.4, -0.2) is 17.7 Å². The molecule has 152 valence electrons. The van der Waals surface area contributed by atoms with Gasteiger partial charge in [-0.15, -0.1) is 6.58 Å². The second kappa shape index (κ2) is 15.3. The minimum Gasteiger partial charge on any atom is -0.494 e. The van der Waals surface area contributed by atoms with Crippen LogP contribution < -0.4 is 4.74 Å². The Balaban J connectivity index is 1.82. The topological polar surface area (TPSA) is 46.5 Å². The highest BCUT2D eigenvalue weighted by Gasteiger charge is 2.02. The molecule has 0 aromatic heterocycles. The normalized spacial score (nSPS) is 10.7. The lowest BCUT2D eigenvalue weighted by molar-refractivity contribution is 0.0697. The van der Waals surface area contributed by atoms with Gasteiger partial charge in [-0.25, -0.2) is 4.79 Å². The van der Waals surface area contributed by atoms with Crippen LogP contribution in [0.15, 0.2) is 36.4 Å². The summed E-state index contributed by atoms with van der Waals surface area (Å²) >= 11 is 0. The molecule has 1 rings (SSSR count). The molecule has 0 atom stereocenters. The quantitative estimate of drug-likeness (QED) is 0.228. The zero-order chi connectivity index (χ0) is 19.7. The van der Waals surface area contributed by atoms with Crippen molar-refractivity contribution in [2.24, 2.45) is 0 Å². The first-order chi connectivity index (χ1) is 13.1. The molecular weight excluding hydrogens is 336 g/mol. The summed E-state index contributed by atoms with van der Waals surface area (Å²) in [6.07, 6.45) is 17.0. The zero-order valence-corrected chi connectivity index (χ0v) is 17.2. The Kier molecular flexibility index (Phi) is 13.2. The number of ether oxygens (including phenoxy) is 1. The highest BCUT2D eigenvalue weighted by atomic mass is 16.5. The molecule has 0 radical (unpaired) electrons. The first kappa shape index (κ1) is 23.3. The fraction of sp³-hybridized carbons (Fsp3) is 0.625. The molecule has 0 aliphatic heterocycles. The van der Waals surface area contributed by atoms with Crippen LogP contribution in [-0.2, 0) is 0 Å². The molecule has 0 aliphatic carbocycles. The van der Waals surface area contributed by atoms with Crippen molar-refractivity contribution in [1.82, 2.24) is 0 Å². The Morgan fingerprint density at radius 3 is 1.70 bits per heavy atom. The van der Waals surface area contributed by atoms with E-state index in [1.807, 2.05) is 0 Å². The third kappa shape index (κ3) is 13.1. The van der Waals surface area contributed by atoms with E-state index in [0.717, 1.165) is 12.2 Å². The van der Waals surface area contributed by atoms with Crippen molar-refractivity contribution in [3.63, 3.8) is 0 Å². The van der Waals surface area contributed by atoms with Crippen molar-refractivity contribution in [2.75, 3.05) is 6.61 Å². The van der Waals surface area contributed by atoms with Crippen molar-refractivity contribution in [3.8, 4) is 5.75 Å². The first-order valence-corrected chi connectivity index (χ1v) is 10.7. The second-order valence-corrected chi connectivity index (χ2v) is 7.63. The summed E-state index contributed by atoms with van der Waals surface area (Å²) in [5, 5.41) is 8.86. The van der Waals surface area contributed by atoms with Gasteiger partial charge in [0.05, 0.1) is 12.2 Å². The van der Waals surface area contributed by atoms with Gasteiger partial charge in [0.15, 0.2) is 0 Å². The SMILES string of the molecule is C=C(C)CCCCCCCCCCCCCCOc1ccc(C(=O)O)cc1. The van der Waals surface area contributed by atoms with E-state index in [0.29, 0.717) is 12.2 Å². The van der Waals surface area contributed by atoms with Gasteiger partial charge in [-0.05, 0) is 50.5 Å². The molecule has 0 aliphatic rings. The summed E-state index contributed by atoms with van der Waals surface area (Å²) in [5.41, 5.74) is 1.61. The van der Waals surface area contributed by atoms with E-state index in [1.165, 1.54) is 82.6 Å². The van der Waals surface area contributed by atoms with Gasteiger partial charge < -0.3 is 9.84 Å². The molecule has 0 saturated carbocycles. The van der Waals surface area contributed by atoms with Crippen molar-refractivity contribution < 1.29 is 14.6 Å². The lowest BCUT2D eigenvalue weighted by Gasteiger charge is -2.06. The smallest absolute Gasteiger partial charge is 0.335 e. The maximum absolute atomic E-state index is 10.8. The molecular formula is C24H38O3. The summed E-state index contributed by atoms with van der Waals surface area (Å²) in [6, 6.07) is 6.62. The largest absolute Gasteiger partial charge is 0.494 e. The molecule has 0 amide bonds. The Hall–Kier alpha value is -1.77. The number of hydrogen-bond donors (Lipinski definition) is 1. The van der Waals surface area contributed by atoms with Gasteiger partial charge in [-0.3, -0.25) is 0 Å². The van der Waals surface area contributed by atoms with Crippen molar-refractivity contribution >= 4 is 5.97 Å². The minimum atomic E-state index is -0.903. The van der Waals surface area contributed by atoms with Gasteiger partial charge in [-0.1, -0.05) is 69.8 Å².